The van der Waals surface area contributed by atoms with Crippen LogP contribution in [0.15, 0.2) is 22.7 Å². The number of thiocarbonyl (C=S) groups is 1. The van der Waals surface area contributed by atoms with Crippen molar-refractivity contribution in [1.29, 1.82) is 0 Å². The van der Waals surface area contributed by atoms with Crippen molar-refractivity contribution >= 4 is 67.1 Å². The maximum absolute atomic E-state index is 12.4. The van der Waals surface area contributed by atoms with E-state index in [1.54, 1.807) is 0 Å². The number of nitrogens with two attached hydrogens (primary N) is 1. The minimum Gasteiger partial charge on any atom is -0.365 e. The number of carbonyl (C=O) groups excluding carboxylic acids is 2. The predicted molar refractivity (Wildman–Crippen MR) is 109 cm³/mol. The molecule has 0 saturated carbocycles. The Labute approximate surface area is 171 Å². The Hall–Kier alpha value is -2.37. The lowest BCUT2D eigenvalue weighted by atomic mass is 10.1. The molecule has 3 rings (SSSR count). The summed E-state index contributed by atoms with van der Waals surface area (Å²) in [5, 5.41) is 16.7. The number of nitro groups is 1. The number of benzene rings is 1. The summed E-state index contributed by atoms with van der Waals surface area (Å²) in [5.41, 5.74) is 6.68. The highest BCUT2D eigenvalue weighted by Gasteiger charge is 2.26. The maximum atomic E-state index is 12.4. The molecule has 1 aliphatic carbocycles. The molecule has 0 bridgehead atoms. The van der Waals surface area contributed by atoms with Crippen LogP contribution in [0.1, 0.15) is 37.6 Å². The smallest absolute Gasteiger partial charge is 0.270 e. The number of halogens is 1. The highest BCUT2D eigenvalue weighted by Crippen LogP contribution is 2.38. The molecule has 140 valence electrons. The number of hydrogen-bond acceptors (Lipinski definition) is 6. The van der Waals surface area contributed by atoms with E-state index >= 15 is 0 Å². The molecule has 4 N–H and O–H groups in total. The minimum absolute atomic E-state index is 0.0270. The summed E-state index contributed by atoms with van der Waals surface area (Å²) in [7, 11) is 0. The highest BCUT2D eigenvalue weighted by atomic mass is 79.9. The van der Waals surface area contributed by atoms with Crippen LogP contribution in [0, 0.1) is 10.1 Å². The molecule has 11 heteroatoms. The van der Waals surface area contributed by atoms with Crippen LogP contribution in [-0.2, 0) is 12.8 Å². The topological polar surface area (TPSA) is 127 Å². The molecule has 27 heavy (non-hydrogen) atoms. The van der Waals surface area contributed by atoms with E-state index in [2.05, 4.69) is 26.6 Å². The van der Waals surface area contributed by atoms with Crippen LogP contribution in [0.2, 0.25) is 0 Å². The number of nitro benzene ring substituents is 1. The lowest BCUT2D eigenvalue weighted by Crippen LogP contribution is -2.34. The second kappa shape index (κ2) is 7.71. The Morgan fingerprint density at radius 2 is 2.07 bits per heavy atom. The van der Waals surface area contributed by atoms with Gasteiger partial charge in [-0.05, 0) is 59.0 Å². The number of nitrogens with one attached hydrogen (secondary N) is 2. The standard InChI is InChI=1S/C16H13BrN4O4S2/c17-10-5-4-7(21(24)25)6-9(10)14(23)19-16(26)20-15-12(13(18)22)8-2-1-3-11(8)27-15/h4-6H,1-3H2,(H2,18,22)(H2,19,20,23,26). The zero-order valence-corrected chi connectivity index (χ0v) is 16.9. The second-order valence-corrected chi connectivity index (χ2v) is 8.12. The molecule has 1 aromatic carbocycles. The highest BCUT2D eigenvalue weighted by molar-refractivity contribution is 9.10. The summed E-state index contributed by atoms with van der Waals surface area (Å²) < 4.78 is 0.390. The van der Waals surface area contributed by atoms with E-state index < -0.39 is 16.7 Å². The fraction of sp³-hybridized carbons (Fsp3) is 0.188. The number of amides is 2. The number of carbonyl (C=O) groups is 2. The molecule has 0 radical (unpaired) electrons. The third-order valence-electron chi connectivity index (χ3n) is 4.03. The van der Waals surface area contributed by atoms with Gasteiger partial charge >= 0.3 is 0 Å². The number of non-ortho nitro benzene ring substituents is 1. The van der Waals surface area contributed by atoms with Gasteiger partial charge in [0, 0.05) is 21.5 Å². The van der Waals surface area contributed by atoms with Crippen molar-refractivity contribution in [3.8, 4) is 0 Å². The van der Waals surface area contributed by atoms with Gasteiger partial charge in [-0.1, -0.05) is 0 Å². The number of hydrogen-bond donors (Lipinski definition) is 3. The van der Waals surface area contributed by atoms with Crippen molar-refractivity contribution < 1.29 is 14.5 Å². The van der Waals surface area contributed by atoms with Crippen molar-refractivity contribution in [3.63, 3.8) is 0 Å². The summed E-state index contributed by atoms with van der Waals surface area (Å²) in [6.07, 6.45) is 2.64. The van der Waals surface area contributed by atoms with Crippen LogP contribution in [0.25, 0.3) is 0 Å². The summed E-state index contributed by atoms with van der Waals surface area (Å²) >= 11 is 9.73. The first-order valence-corrected chi connectivity index (χ1v) is 9.80. The lowest BCUT2D eigenvalue weighted by molar-refractivity contribution is -0.384. The maximum Gasteiger partial charge on any atom is 0.270 e. The zero-order valence-electron chi connectivity index (χ0n) is 13.7. The second-order valence-electron chi connectivity index (χ2n) is 5.76. The monoisotopic (exact) mass is 468 g/mol. The molecule has 8 nitrogen and oxygen atoms in total. The third kappa shape index (κ3) is 3.99. The van der Waals surface area contributed by atoms with Crippen LogP contribution in [0.3, 0.4) is 0 Å². The molecule has 2 amide bonds. The Morgan fingerprint density at radius 1 is 1.33 bits per heavy atom. The van der Waals surface area contributed by atoms with E-state index in [-0.39, 0.29) is 16.4 Å². The summed E-state index contributed by atoms with van der Waals surface area (Å²) in [6, 6.07) is 3.85. The predicted octanol–water partition coefficient (Wildman–Crippen LogP) is 3.13. The Bertz CT molecular complexity index is 989. The number of fused-ring (bicyclic) bond motifs is 1. The lowest BCUT2D eigenvalue weighted by Gasteiger charge is -2.10. The average molecular weight is 469 g/mol. The van der Waals surface area contributed by atoms with E-state index in [0.29, 0.717) is 15.0 Å². The Balaban J connectivity index is 1.77. The average Bonchev–Trinajstić information content (AvgIpc) is 3.14. The molecular weight excluding hydrogens is 456 g/mol. The van der Waals surface area contributed by atoms with Gasteiger partial charge in [0.05, 0.1) is 16.1 Å². The van der Waals surface area contributed by atoms with Crippen molar-refractivity contribution in [2.75, 3.05) is 5.32 Å². The first-order valence-electron chi connectivity index (χ1n) is 7.78. The molecule has 0 spiro atoms. The SMILES string of the molecule is NC(=O)c1c(NC(=S)NC(=O)c2cc([N+](=O)[O-])ccc2Br)sc2c1CCC2. The van der Waals surface area contributed by atoms with E-state index in [1.807, 2.05) is 0 Å². The van der Waals surface area contributed by atoms with Gasteiger partial charge in [-0.25, -0.2) is 0 Å². The molecule has 0 atom stereocenters. The molecule has 2 aromatic rings. The van der Waals surface area contributed by atoms with Crippen LogP contribution in [0.5, 0.6) is 0 Å². The van der Waals surface area contributed by atoms with Crippen LogP contribution in [-0.4, -0.2) is 21.9 Å². The molecule has 1 heterocycles. The van der Waals surface area contributed by atoms with Gasteiger partial charge in [0.15, 0.2) is 5.11 Å². The van der Waals surface area contributed by atoms with Gasteiger partial charge in [-0.2, -0.15) is 0 Å². The number of aryl methyl sites for hydroxylation is 1. The molecule has 0 saturated heterocycles. The zero-order chi connectivity index (χ0) is 19.7. The molecule has 0 fully saturated rings. The van der Waals surface area contributed by atoms with Crippen LogP contribution in [0.4, 0.5) is 10.7 Å². The first-order chi connectivity index (χ1) is 12.8. The largest absolute Gasteiger partial charge is 0.365 e. The molecule has 0 aliphatic heterocycles. The number of nitrogens with zero attached hydrogens (tertiary/aromatic N) is 1. The van der Waals surface area contributed by atoms with Crippen LogP contribution < -0.4 is 16.4 Å². The normalized spacial score (nSPS) is 12.3. The quantitative estimate of drug-likeness (QED) is 0.359. The van der Waals surface area contributed by atoms with Crippen molar-refractivity contribution in [2.45, 2.75) is 19.3 Å². The van der Waals surface area contributed by atoms with Crippen molar-refractivity contribution in [1.82, 2.24) is 5.32 Å². The summed E-state index contributed by atoms with van der Waals surface area (Å²) in [4.78, 5) is 35.6. The minimum atomic E-state index is -0.618. The number of thiophene rings is 1. The van der Waals surface area contributed by atoms with Gasteiger partial charge in [-0.3, -0.25) is 25.0 Å². The Kier molecular flexibility index (Phi) is 5.53. The van der Waals surface area contributed by atoms with Gasteiger partial charge < -0.3 is 11.1 Å². The van der Waals surface area contributed by atoms with Crippen LogP contribution >= 0.6 is 39.5 Å². The van der Waals surface area contributed by atoms with Gasteiger partial charge in [-0.15, -0.1) is 11.3 Å². The fourth-order valence-corrected chi connectivity index (χ4v) is 4.84. The first kappa shape index (κ1) is 19.4. The van der Waals surface area contributed by atoms with E-state index in [4.69, 9.17) is 18.0 Å². The van der Waals surface area contributed by atoms with Gasteiger partial charge in [0.25, 0.3) is 17.5 Å². The summed E-state index contributed by atoms with van der Waals surface area (Å²) in [6.45, 7) is 0. The molecule has 0 unspecified atom stereocenters. The van der Waals surface area contributed by atoms with Gasteiger partial charge in [0.1, 0.15) is 5.00 Å². The van der Waals surface area contributed by atoms with Gasteiger partial charge in [0.2, 0.25) is 0 Å². The summed E-state index contributed by atoms with van der Waals surface area (Å²) in [5.74, 6) is -1.17. The molecular formula is C16H13BrN4O4S2. The number of primary amides is 1. The van der Waals surface area contributed by atoms with E-state index in [9.17, 15) is 19.7 Å². The fourth-order valence-electron chi connectivity index (χ4n) is 2.86. The molecule has 1 aliphatic rings. The van der Waals surface area contributed by atoms with E-state index in [1.165, 1.54) is 23.5 Å². The van der Waals surface area contributed by atoms with E-state index in [0.717, 1.165) is 35.8 Å². The number of rotatable bonds is 4. The van der Waals surface area contributed by atoms with Crippen molar-refractivity contribution in [2.24, 2.45) is 5.73 Å². The molecule has 1 aromatic heterocycles. The van der Waals surface area contributed by atoms with Crippen molar-refractivity contribution in [3.05, 3.63) is 54.4 Å². The Morgan fingerprint density at radius 3 is 2.74 bits per heavy atom. The third-order valence-corrected chi connectivity index (χ3v) is 6.13. The number of anilines is 1.